The number of benzene rings is 1. The number of aryl methyl sites for hydroxylation is 1. The van der Waals surface area contributed by atoms with E-state index in [2.05, 4.69) is 48.7 Å². The Morgan fingerprint density at radius 3 is 2.55 bits per heavy atom. The Bertz CT molecular complexity index is 540. The Morgan fingerprint density at radius 2 is 2.00 bits per heavy atom. The maximum atomic E-state index is 11.8. The van der Waals surface area contributed by atoms with E-state index in [1.54, 1.807) is 0 Å². The van der Waals surface area contributed by atoms with Gasteiger partial charge in [-0.25, -0.2) is 0 Å². The Labute approximate surface area is 133 Å². The van der Waals surface area contributed by atoms with Crippen molar-refractivity contribution in [2.24, 2.45) is 0 Å². The van der Waals surface area contributed by atoms with Crippen LogP contribution in [0.25, 0.3) is 0 Å². The summed E-state index contributed by atoms with van der Waals surface area (Å²) >= 11 is 0. The van der Waals surface area contributed by atoms with E-state index in [0.29, 0.717) is 6.54 Å². The van der Waals surface area contributed by atoms with Crippen molar-refractivity contribution in [2.75, 3.05) is 6.54 Å². The average molecular weight is 299 g/mol. The van der Waals surface area contributed by atoms with Crippen LogP contribution in [0, 0.1) is 11.3 Å². The molecule has 0 saturated carbocycles. The van der Waals surface area contributed by atoms with E-state index in [1.165, 1.54) is 11.8 Å². The lowest BCUT2D eigenvalue weighted by molar-refractivity contribution is -0.117. The molecule has 1 amide bonds. The molecule has 0 bridgehead atoms. The highest BCUT2D eigenvalue weighted by Gasteiger charge is 2.09. The lowest BCUT2D eigenvalue weighted by Crippen LogP contribution is -2.26. The molecular formula is C18H25N3O. The SMILES string of the molecule is CCCCNC(=O)/C(C#N)=C\NC(C)c1ccc(CC)cc1. The van der Waals surface area contributed by atoms with Gasteiger partial charge in [0.1, 0.15) is 11.6 Å². The molecule has 0 fully saturated rings. The first kappa shape index (κ1) is 17.8. The molecule has 1 atom stereocenters. The molecule has 1 aromatic carbocycles. The van der Waals surface area contributed by atoms with Gasteiger partial charge in [0, 0.05) is 18.8 Å². The Kier molecular flexibility index (Phi) is 7.77. The molecular weight excluding hydrogens is 274 g/mol. The van der Waals surface area contributed by atoms with E-state index in [-0.39, 0.29) is 17.5 Å². The lowest BCUT2D eigenvalue weighted by Gasteiger charge is -2.13. The van der Waals surface area contributed by atoms with Gasteiger partial charge in [0.05, 0.1) is 0 Å². The zero-order valence-electron chi connectivity index (χ0n) is 13.6. The van der Waals surface area contributed by atoms with Crippen molar-refractivity contribution >= 4 is 5.91 Å². The number of nitrogens with one attached hydrogen (secondary N) is 2. The Hall–Kier alpha value is -2.28. The summed E-state index contributed by atoms with van der Waals surface area (Å²) in [5, 5.41) is 14.9. The molecule has 0 saturated heterocycles. The third-order valence-corrected chi connectivity index (χ3v) is 3.55. The molecule has 1 unspecified atom stereocenters. The number of hydrogen-bond donors (Lipinski definition) is 2. The van der Waals surface area contributed by atoms with Gasteiger partial charge in [-0.1, -0.05) is 44.5 Å². The number of amides is 1. The predicted octanol–water partition coefficient (Wildman–Crippen LogP) is 3.22. The zero-order valence-corrected chi connectivity index (χ0v) is 13.6. The van der Waals surface area contributed by atoms with Crippen LogP contribution in [-0.2, 0) is 11.2 Å². The number of unbranched alkanes of at least 4 members (excludes halogenated alkanes) is 1. The van der Waals surface area contributed by atoms with Gasteiger partial charge in [-0.05, 0) is 30.9 Å². The first-order chi connectivity index (χ1) is 10.6. The smallest absolute Gasteiger partial charge is 0.263 e. The topological polar surface area (TPSA) is 64.9 Å². The van der Waals surface area contributed by atoms with Gasteiger partial charge >= 0.3 is 0 Å². The fourth-order valence-corrected chi connectivity index (χ4v) is 1.97. The standard InChI is InChI=1S/C18H25N3O/c1-4-6-11-20-18(22)17(12-19)13-21-14(3)16-9-7-15(5-2)8-10-16/h7-10,13-14,21H,4-6,11H2,1-3H3,(H,20,22)/b17-13-. The van der Waals surface area contributed by atoms with Crippen LogP contribution in [0.4, 0.5) is 0 Å². The molecule has 2 N–H and O–H groups in total. The van der Waals surface area contributed by atoms with Crippen LogP contribution in [-0.4, -0.2) is 12.5 Å². The normalized spacial score (nSPS) is 12.4. The van der Waals surface area contributed by atoms with Crippen LogP contribution in [0.3, 0.4) is 0 Å². The number of carbonyl (C=O) groups is 1. The summed E-state index contributed by atoms with van der Waals surface area (Å²) in [6, 6.07) is 10.3. The van der Waals surface area contributed by atoms with E-state index < -0.39 is 0 Å². The molecule has 0 radical (unpaired) electrons. The summed E-state index contributed by atoms with van der Waals surface area (Å²) in [6.07, 6.45) is 4.44. The van der Waals surface area contributed by atoms with E-state index in [1.807, 2.05) is 13.0 Å². The van der Waals surface area contributed by atoms with Crippen molar-refractivity contribution in [2.45, 2.75) is 46.1 Å². The quantitative estimate of drug-likeness (QED) is 0.440. The molecule has 22 heavy (non-hydrogen) atoms. The van der Waals surface area contributed by atoms with Crippen LogP contribution >= 0.6 is 0 Å². The molecule has 4 heteroatoms. The second-order valence-corrected chi connectivity index (χ2v) is 5.26. The van der Waals surface area contributed by atoms with Crippen molar-refractivity contribution in [3.05, 3.63) is 47.2 Å². The summed E-state index contributed by atoms with van der Waals surface area (Å²) in [5.74, 6) is -0.322. The monoisotopic (exact) mass is 299 g/mol. The third kappa shape index (κ3) is 5.61. The number of hydrogen-bond acceptors (Lipinski definition) is 3. The van der Waals surface area contributed by atoms with Gasteiger partial charge in [0.2, 0.25) is 0 Å². The van der Waals surface area contributed by atoms with Crippen LogP contribution in [0.5, 0.6) is 0 Å². The largest absolute Gasteiger partial charge is 0.383 e. The summed E-state index contributed by atoms with van der Waals surface area (Å²) in [7, 11) is 0. The number of nitrogens with zero attached hydrogens (tertiary/aromatic N) is 1. The number of rotatable bonds is 8. The van der Waals surface area contributed by atoms with Gasteiger partial charge in [0.15, 0.2) is 0 Å². The van der Waals surface area contributed by atoms with Gasteiger partial charge in [-0.15, -0.1) is 0 Å². The molecule has 0 aliphatic heterocycles. The van der Waals surface area contributed by atoms with Crippen molar-refractivity contribution < 1.29 is 4.79 Å². The first-order valence-corrected chi connectivity index (χ1v) is 7.85. The fraction of sp³-hybridized carbons (Fsp3) is 0.444. The van der Waals surface area contributed by atoms with Crippen molar-refractivity contribution in [3.63, 3.8) is 0 Å². The number of nitriles is 1. The maximum Gasteiger partial charge on any atom is 0.263 e. The van der Waals surface area contributed by atoms with Crippen LogP contribution < -0.4 is 10.6 Å². The zero-order chi connectivity index (χ0) is 16.4. The van der Waals surface area contributed by atoms with Crippen molar-refractivity contribution in [1.29, 1.82) is 5.26 Å². The van der Waals surface area contributed by atoms with Gasteiger partial charge in [-0.2, -0.15) is 5.26 Å². The molecule has 0 aliphatic rings. The molecule has 118 valence electrons. The molecule has 0 aromatic heterocycles. The van der Waals surface area contributed by atoms with Gasteiger partial charge in [-0.3, -0.25) is 4.79 Å². The van der Waals surface area contributed by atoms with Crippen molar-refractivity contribution in [3.8, 4) is 6.07 Å². The second-order valence-electron chi connectivity index (χ2n) is 5.26. The van der Waals surface area contributed by atoms with E-state index in [4.69, 9.17) is 5.26 Å². The van der Waals surface area contributed by atoms with Crippen LogP contribution in [0.2, 0.25) is 0 Å². The summed E-state index contributed by atoms with van der Waals surface area (Å²) < 4.78 is 0. The van der Waals surface area contributed by atoms with Gasteiger partial charge in [0.25, 0.3) is 5.91 Å². The summed E-state index contributed by atoms with van der Waals surface area (Å²) in [5.41, 5.74) is 2.52. The van der Waals surface area contributed by atoms with E-state index in [0.717, 1.165) is 24.8 Å². The van der Waals surface area contributed by atoms with Crippen molar-refractivity contribution in [1.82, 2.24) is 10.6 Å². The Morgan fingerprint density at radius 1 is 1.32 bits per heavy atom. The molecule has 0 aliphatic carbocycles. The lowest BCUT2D eigenvalue weighted by atomic mass is 10.1. The molecule has 1 aromatic rings. The highest BCUT2D eigenvalue weighted by molar-refractivity contribution is 5.97. The minimum atomic E-state index is -0.322. The summed E-state index contributed by atoms with van der Waals surface area (Å²) in [4.78, 5) is 11.8. The van der Waals surface area contributed by atoms with E-state index >= 15 is 0 Å². The molecule has 0 spiro atoms. The number of carbonyl (C=O) groups excluding carboxylic acids is 1. The highest BCUT2D eigenvalue weighted by Crippen LogP contribution is 2.14. The minimum Gasteiger partial charge on any atom is -0.383 e. The average Bonchev–Trinajstić information content (AvgIpc) is 2.55. The maximum absolute atomic E-state index is 11.8. The van der Waals surface area contributed by atoms with Crippen LogP contribution in [0.1, 0.15) is 50.8 Å². The first-order valence-electron chi connectivity index (χ1n) is 7.85. The van der Waals surface area contributed by atoms with E-state index in [9.17, 15) is 4.79 Å². The fourth-order valence-electron chi connectivity index (χ4n) is 1.97. The Balaban J connectivity index is 2.62. The van der Waals surface area contributed by atoms with Crippen LogP contribution in [0.15, 0.2) is 36.0 Å². The second kappa shape index (κ2) is 9.62. The summed E-state index contributed by atoms with van der Waals surface area (Å²) in [6.45, 7) is 6.78. The molecule has 4 nitrogen and oxygen atoms in total. The predicted molar refractivity (Wildman–Crippen MR) is 89.0 cm³/mol. The molecule has 1 rings (SSSR count). The molecule has 0 heterocycles. The van der Waals surface area contributed by atoms with Gasteiger partial charge < -0.3 is 10.6 Å². The minimum absolute atomic E-state index is 0.0395. The third-order valence-electron chi connectivity index (χ3n) is 3.55. The highest BCUT2D eigenvalue weighted by atomic mass is 16.1.